The van der Waals surface area contributed by atoms with Gasteiger partial charge in [0.15, 0.2) is 5.82 Å². The van der Waals surface area contributed by atoms with Gasteiger partial charge in [-0.15, -0.1) is 0 Å². The number of carbonyl (C=O) groups is 2. The Bertz CT molecular complexity index is 856. The van der Waals surface area contributed by atoms with E-state index in [2.05, 4.69) is 9.88 Å². The van der Waals surface area contributed by atoms with Gasteiger partial charge >= 0.3 is 0 Å². The molecule has 2 fully saturated rings. The second-order valence-corrected chi connectivity index (χ2v) is 7.29. The molecule has 0 saturated carbocycles. The van der Waals surface area contributed by atoms with E-state index in [1.165, 1.54) is 0 Å². The van der Waals surface area contributed by atoms with Crippen LogP contribution in [0.1, 0.15) is 30.3 Å². The van der Waals surface area contributed by atoms with Crippen LogP contribution >= 0.6 is 0 Å². The minimum absolute atomic E-state index is 0.0526. The summed E-state index contributed by atoms with van der Waals surface area (Å²) in [6, 6.07) is 11.6. The van der Waals surface area contributed by atoms with Crippen LogP contribution in [0.3, 0.4) is 0 Å². The van der Waals surface area contributed by atoms with E-state index >= 15 is 0 Å². The quantitative estimate of drug-likeness (QED) is 0.816. The molecule has 146 valence electrons. The summed E-state index contributed by atoms with van der Waals surface area (Å²) in [6.45, 7) is 5.67. The number of hydrogen-bond acceptors (Lipinski definition) is 5. The van der Waals surface area contributed by atoms with Gasteiger partial charge < -0.3 is 14.7 Å². The van der Waals surface area contributed by atoms with Crippen molar-refractivity contribution in [3.63, 3.8) is 0 Å². The third-order valence-electron chi connectivity index (χ3n) is 5.41. The molecule has 2 amide bonds. The normalized spacial score (nSPS) is 17.1. The maximum atomic E-state index is 13.1. The molecule has 2 aliphatic heterocycles. The van der Waals surface area contributed by atoms with Crippen LogP contribution in [0, 0.1) is 0 Å². The fraction of sp³-hybridized carbons (Fsp3) is 0.429. The predicted molar refractivity (Wildman–Crippen MR) is 107 cm³/mol. The Kier molecular flexibility index (Phi) is 5.23. The lowest BCUT2D eigenvalue weighted by Gasteiger charge is -2.34. The van der Waals surface area contributed by atoms with Crippen molar-refractivity contribution in [3.05, 3.63) is 42.1 Å². The molecule has 1 aromatic carbocycles. The van der Waals surface area contributed by atoms with Gasteiger partial charge in [0.2, 0.25) is 5.91 Å². The zero-order valence-electron chi connectivity index (χ0n) is 16.2. The zero-order valence-corrected chi connectivity index (χ0v) is 16.2. The Morgan fingerprint density at radius 3 is 2.14 bits per heavy atom. The van der Waals surface area contributed by atoms with Crippen molar-refractivity contribution < 1.29 is 9.59 Å². The second-order valence-electron chi connectivity index (χ2n) is 7.29. The highest BCUT2D eigenvalue weighted by Gasteiger charge is 2.26. The van der Waals surface area contributed by atoms with E-state index in [-0.39, 0.29) is 11.8 Å². The van der Waals surface area contributed by atoms with Crippen molar-refractivity contribution in [3.8, 4) is 11.4 Å². The van der Waals surface area contributed by atoms with E-state index in [1.54, 1.807) is 16.7 Å². The molecule has 0 bridgehead atoms. The SMILES string of the molecule is CC(=O)N1CCN(C(=O)c2cc(N3CCCC3)nc(-c3ccccc3)n2)CC1. The lowest BCUT2D eigenvalue weighted by atomic mass is 10.2. The zero-order chi connectivity index (χ0) is 19.5. The molecule has 2 saturated heterocycles. The van der Waals surface area contributed by atoms with E-state index in [0.717, 1.165) is 37.3 Å². The third-order valence-corrected chi connectivity index (χ3v) is 5.41. The summed E-state index contributed by atoms with van der Waals surface area (Å²) in [7, 11) is 0. The van der Waals surface area contributed by atoms with Gasteiger partial charge in [0.05, 0.1) is 0 Å². The summed E-state index contributed by atoms with van der Waals surface area (Å²) in [5, 5.41) is 0. The number of piperazine rings is 1. The average Bonchev–Trinajstić information content (AvgIpc) is 3.28. The summed E-state index contributed by atoms with van der Waals surface area (Å²) in [4.78, 5) is 39.8. The highest BCUT2D eigenvalue weighted by molar-refractivity contribution is 5.93. The van der Waals surface area contributed by atoms with Crippen molar-refractivity contribution in [2.45, 2.75) is 19.8 Å². The number of hydrogen-bond donors (Lipinski definition) is 0. The molecule has 0 aliphatic carbocycles. The standard InChI is InChI=1S/C21H25N5O2/c1-16(27)24-11-13-26(14-12-24)21(28)18-15-19(25-9-5-6-10-25)23-20(22-18)17-7-3-2-4-8-17/h2-4,7-8,15H,5-6,9-14H2,1H3. The first-order chi connectivity index (χ1) is 13.6. The highest BCUT2D eigenvalue weighted by Crippen LogP contribution is 2.24. The number of anilines is 1. The van der Waals surface area contributed by atoms with Gasteiger partial charge in [-0.1, -0.05) is 30.3 Å². The molecular weight excluding hydrogens is 354 g/mol. The minimum atomic E-state index is -0.0942. The molecule has 0 spiro atoms. The van der Waals surface area contributed by atoms with Crippen LogP contribution in [0.4, 0.5) is 5.82 Å². The fourth-order valence-corrected chi connectivity index (χ4v) is 3.75. The molecule has 28 heavy (non-hydrogen) atoms. The topological polar surface area (TPSA) is 69.6 Å². The van der Waals surface area contributed by atoms with Gasteiger partial charge in [-0.3, -0.25) is 9.59 Å². The Labute approximate surface area is 165 Å². The van der Waals surface area contributed by atoms with Crippen LogP contribution in [0.15, 0.2) is 36.4 Å². The highest BCUT2D eigenvalue weighted by atomic mass is 16.2. The molecule has 2 aliphatic rings. The molecule has 7 nitrogen and oxygen atoms in total. The largest absolute Gasteiger partial charge is 0.356 e. The van der Waals surface area contributed by atoms with E-state index in [4.69, 9.17) is 4.98 Å². The van der Waals surface area contributed by atoms with Crippen molar-refractivity contribution in [1.29, 1.82) is 0 Å². The molecule has 4 rings (SSSR count). The molecule has 2 aromatic rings. The van der Waals surface area contributed by atoms with Gasteiger partial charge in [-0.05, 0) is 12.8 Å². The molecule has 0 unspecified atom stereocenters. The first-order valence-electron chi connectivity index (χ1n) is 9.86. The van der Waals surface area contributed by atoms with Crippen LogP contribution in [0.25, 0.3) is 11.4 Å². The molecule has 0 radical (unpaired) electrons. The molecule has 1 aromatic heterocycles. The third kappa shape index (κ3) is 3.83. The van der Waals surface area contributed by atoms with Gasteiger partial charge in [-0.25, -0.2) is 9.97 Å². The maximum Gasteiger partial charge on any atom is 0.272 e. The fourth-order valence-electron chi connectivity index (χ4n) is 3.75. The number of nitrogens with zero attached hydrogens (tertiary/aromatic N) is 5. The minimum Gasteiger partial charge on any atom is -0.356 e. The average molecular weight is 379 g/mol. The smallest absolute Gasteiger partial charge is 0.272 e. The first-order valence-corrected chi connectivity index (χ1v) is 9.86. The van der Waals surface area contributed by atoms with Crippen LogP contribution in [-0.4, -0.2) is 70.9 Å². The Morgan fingerprint density at radius 1 is 0.857 bits per heavy atom. The van der Waals surface area contributed by atoms with E-state index < -0.39 is 0 Å². The number of aromatic nitrogens is 2. The van der Waals surface area contributed by atoms with Crippen molar-refractivity contribution in [2.75, 3.05) is 44.2 Å². The van der Waals surface area contributed by atoms with Crippen molar-refractivity contribution in [1.82, 2.24) is 19.8 Å². The number of amides is 2. The van der Waals surface area contributed by atoms with Crippen molar-refractivity contribution >= 4 is 17.6 Å². The van der Waals surface area contributed by atoms with Gasteiger partial charge in [0, 0.05) is 57.8 Å². The Hall–Kier alpha value is -2.96. The molecule has 0 N–H and O–H groups in total. The lowest BCUT2D eigenvalue weighted by Crippen LogP contribution is -2.50. The van der Waals surface area contributed by atoms with Gasteiger partial charge in [0.25, 0.3) is 5.91 Å². The molecule has 3 heterocycles. The summed E-state index contributed by atoms with van der Waals surface area (Å²) < 4.78 is 0. The summed E-state index contributed by atoms with van der Waals surface area (Å²) in [6.07, 6.45) is 2.28. The second kappa shape index (κ2) is 7.96. The Balaban J connectivity index is 1.63. The predicted octanol–water partition coefficient (Wildman–Crippen LogP) is 2.05. The summed E-state index contributed by atoms with van der Waals surface area (Å²) in [5.74, 6) is 1.35. The Morgan fingerprint density at radius 2 is 1.50 bits per heavy atom. The van der Waals surface area contributed by atoms with Crippen LogP contribution < -0.4 is 4.90 Å². The van der Waals surface area contributed by atoms with Crippen LogP contribution in [0.2, 0.25) is 0 Å². The van der Waals surface area contributed by atoms with E-state index in [9.17, 15) is 9.59 Å². The monoisotopic (exact) mass is 379 g/mol. The number of carbonyl (C=O) groups excluding carboxylic acids is 2. The van der Waals surface area contributed by atoms with E-state index in [1.807, 2.05) is 36.4 Å². The summed E-state index contributed by atoms with van der Waals surface area (Å²) in [5.41, 5.74) is 1.33. The molecule has 0 atom stereocenters. The first kappa shape index (κ1) is 18.4. The van der Waals surface area contributed by atoms with Gasteiger partial charge in [-0.2, -0.15) is 0 Å². The summed E-state index contributed by atoms with van der Waals surface area (Å²) >= 11 is 0. The van der Waals surface area contributed by atoms with Crippen LogP contribution in [-0.2, 0) is 4.79 Å². The lowest BCUT2D eigenvalue weighted by molar-refractivity contribution is -0.130. The molecule has 7 heteroatoms. The van der Waals surface area contributed by atoms with E-state index in [0.29, 0.717) is 37.7 Å². The molecular formula is C21H25N5O2. The number of rotatable bonds is 3. The van der Waals surface area contributed by atoms with Crippen molar-refractivity contribution in [2.24, 2.45) is 0 Å². The number of benzene rings is 1. The van der Waals surface area contributed by atoms with Crippen LogP contribution in [0.5, 0.6) is 0 Å². The maximum absolute atomic E-state index is 13.1. The van der Waals surface area contributed by atoms with Gasteiger partial charge in [0.1, 0.15) is 11.5 Å².